The Morgan fingerprint density at radius 1 is 1.15 bits per heavy atom. The number of hydrogen-bond donors (Lipinski definition) is 1. The van der Waals surface area contributed by atoms with Crippen LogP contribution in [-0.2, 0) is 15.4 Å². The molecule has 3 aromatic rings. The zero-order valence-corrected chi connectivity index (χ0v) is 25.0. The number of nitrogens with zero attached hydrogens (tertiary/aromatic N) is 5. The average molecular weight is 579 g/mol. The van der Waals surface area contributed by atoms with Crippen molar-refractivity contribution in [3.63, 3.8) is 0 Å². The molecule has 1 saturated carbocycles. The second-order valence-corrected chi connectivity index (χ2v) is 13.5. The van der Waals surface area contributed by atoms with Gasteiger partial charge in [-0.3, -0.25) is 4.79 Å². The number of piperidine rings is 1. The highest BCUT2D eigenvalue weighted by molar-refractivity contribution is 7.89. The minimum absolute atomic E-state index is 0.0149. The number of hydrogen-bond acceptors (Lipinski definition) is 8. The Morgan fingerprint density at radius 3 is 2.39 bits per heavy atom. The summed E-state index contributed by atoms with van der Waals surface area (Å²) in [6.45, 7) is 5.58. The third kappa shape index (κ3) is 6.09. The molecule has 0 atom stereocenters. The zero-order chi connectivity index (χ0) is 29.4. The van der Waals surface area contributed by atoms with E-state index in [4.69, 9.17) is 9.84 Å². The lowest BCUT2D eigenvalue weighted by Gasteiger charge is -2.35. The lowest BCUT2D eigenvalue weighted by atomic mass is 9.74. The predicted molar refractivity (Wildman–Crippen MR) is 157 cm³/mol. The third-order valence-corrected chi connectivity index (χ3v) is 8.77. The zero-order valence-electron chi connectivity index (χ0n) is 24.2. The fourth-order valence-electron chi connectivity index (χ4n) is 5.99. The molecule has 218 valence electrons. The van der Waals surface area contributed by atoms with Crippen molar-refractivity contribution in [2.24, 2.45) is 0 Å². The number of carbonyl (C=O) groups excluding carboxylic acids is 1. The van der Waals surface area contributed by atoms with Gasteiger partial charge in [0, 0.05) is 5.56 Å². The number of aromatic nitrogens is 3. The van der Waals surface area contributed by atoms with Crippen LogP contribution in [0.4, 0.5) is 0 Å². The Kier molecular flexibility index (Phi) is 8.08. The number of pyridine rings is 1. The van der Waals surface area contributed by atoms with Crippen LogP contribution in [0.1, 0.15) is 80.9 Å². The van der Waals surface area contributed by atoms with Crippen molar-refractivity contribution >= 4 is 27.0 Å². The molecule has 1 amide bonds. The fraction of sp³-hybridized carbons (Fsp3) is 0.533. The van der Waals surface area contributed by atoms with Crippen molar-refractivity contribution in [3.8, 4) is 23.1 Å². The molecule has 1 aliphatic heterocycles. The normalized spacial score (nSPS) is 18.3. The van der Waals surface area contributed by atoms with Gasteiger partial charge in [0.25, 0.3) is 5.91 Å². The molecule has 1 N–H and O–H groups in total. The van der Waals surface area contributed by atoms with E-state index in [1.54, 1.807) is 6.07 Å². The molecule has 2 aromatic heterocycles. The van der Waals surface area contributed by atoms with Crippen LogP contribution in [0.5, 0.6) is 5.88 Å². The molecule has 3 heterocycles. The molecular formula is C30H38N6O4S. The molecule has 11 heteroatoms. The van der Waals surface area contributed by atoms with Gasteiger partial charge in [-0.05, 0) is 76.9 Å². The minimum atomic E-state index is -3.80. The van der Waals surface area contributed by atoms with E-state index in [0.717, 1.165) is 69.0 Å². The maximum absolute atomic E-state index is 13.1. The molecule has 2 aliphatic rings. The lowest BCUT2D eigenvalue weighted by Crippen LogP contribution is -2.39. The van der Waals surface area contributed by atoms with E-state index < -0.39 is 21.3 Å². The summed E-state index contributed by atoms with van der Waals surface area (Å²) in [6, 6.07) is 12.2. The van der Waals surface area contributed by atoms with Gasteiger partial charge in [0.1, 0.15) is 5.69 Å². The Morgan fingerprint density at radius 2 is 1.80 bits per heavy atom. The number of fused-ring (bicyclic) bond motifs is 1. The number of benzene rings is 1. The van der Waals surface area contributed by atoms with Gasteiger partial charge in [0.05, 0.1) is 35.3 Å². The Bertz CT molecular complexity index is 1580. The highest BCUT2D eigenvalue weighted by Gasteiger charge is 2.36. The molecule has 2 fully saturated rings. The molecular weight excluding hydrogens is 540 g/mol. The fourth-order valence-corrected chi connectivity index (χ4v) is 6.43. The van der Waals surface area contributed by atoms with Gasteiger partial charge in [-0.2, -0.15) is 5.26 Å². The molecule has 1 aliphatic carbocycles. The van der Waals surface area contributed by atoms with Crippen molar-refractivity contribution < 1.29 is 17.9 Å². The number of nitriles is 1. The Balaban J connectivity index is 1.68. The topological polar surface area (TPSA) is 130 Å². The summed E-state index contributed by atoms with van der Waals surface area (Å²) >= 11 is 0. The summed E-state index contributed by atoms with van der Waals surface area (Å²) < 4.78 is 33.9. The number of sulfonamides is 1. The van der Waals surface area contributed by atoms with E-state index in [-0.39, 0.29) is 17.8 Å². The van der Waals surface area contributed by atoms with Gasteiger partial charge in [-0.15, -0.1) is 5.10 Å². The van der Waals surface area contributed by atoms with Crippen LogP contribution in [0.25, 0.3) is 22.2 Å². The van der Waals surface area contributed by atoms with Gasteiger partial charge in [0.2, 0.25) is 15.9 Å². The smallest absolute Gasteiger partial charge is 0.283 e. The van der Waals surface area contributed by atoms with Gasteiger partial charge in [-0.1, -0.05) is 43.5 Å². The number of carbonyl (C=O) groups is 1. The molecule has 0 spiro atoms. The summed E-state index contributed by atoms with van der Waals surface area (Å²) in [5.41, 5.74) is 2.38. The summed E-state index contributed by atoms with van der Waals surface area (Å²) in [5, 5.41) is 15.7. The van der Waals surface area contributed by atoms with Crippen LogP contribution in [0.3, 0.4) is 0 Å². The Labute approximate surface area is 241 Å². The maximum Gasteiger partial charge on any atom is 0.283 e. The second-order valence-electron chi connectivity index (χ2n) is 11.7. The second kappa shape index (κ2) is 11.4. The summed E-state index contributed by atoms with van der Waals surface area (Å²) in [7, 11) is -1.73. The van der Waals surface area contributed by atoms with E-state index in [1.165, 1.54) is 6.42 Å². The standard InChI is InChI=1S/C30H38N6O4S/c1-20(2)40-29-26-24(21-10-12-22(13-11-21)30(19-31)14-16-35(3)17-15-30)18-25(28(37)34-41(4,38)39)32-27(26)36(33-29)23-8-6-5-7-9-23/h10-13,18,20,23H,5-9,14-17H2,1-4H3,(H,34,37). The van der Waals surface area contributed by atoms with Gasteiger partial charge < -0.3 is 9.64 Å². The summed E-state index contributed by atoms with van der Waals surface area (Å²) in [6.07, 6.45) is 7.51. The van der Waals surface area contributed by atoms with Crippen molar-refractivity contribution in [3.05, 3.63) is 41.6 Å². The third-order valence-electron chi connectivity index (χ3n) is 8.21. The van der Waals surface area contributed by atoms with E-state index in [9.17, 15) is 18.5 Å². The first-order chi connectivity index (χ1) is 19.5. The van der Waals surface area contributed by atoms with E-state index in [0.29, 0.717) is 22.5 Å². The SMILES string of the molecule is CC(C)Oc1nn(C2CCCCC2)c2nc(C(=O)NS(C)(=O)=O)cc(-c3ccc(C4(C#N)CCN(C)CC4)cc3)c12. The highest BCUT2D eigenvalue weighted by Crippen LogP contribution is 2.41. The summed E-state index contributed by atoms with van der Waals surface area (Å²) in [4.78, 5) is 20.0. The largest absolute Gasteiger partial charge is 0.473 e. The molecule has 0 radical (unpaired) electrons. The van der Waals surface area contributed by atoms with Crippen LogP contribution in [-0.4, -0.2) is 66.5 Å². The first kappa shape index (κ1) is 29.0. The lowest BCUT2D eigenvalue weighted by molar-refractivity contribution is 0.0977. The van der Waals surface area contributed by atoms with Crippen molar-refractivity contribution in [1.82, 2.24) is 24.4 Å². The maximum atomic E-state index is 13.1. The number of ether oxygens (including phenoxy) is 1. The summed E-state index contributed by atoms with van der Waals surface area (Å²) in [5.74, 6) is -0.365. The van der Waals surface area contributed by atoms with Gasteiger partial charge in [-0.25, -0.2) is 22.8 Å². The minimum Gasteiger partial charge on any atom is -0.473 e. The van der Waals surface area contributed by atoms with Crippen LogP contribution >= 0.6 is 0 Å². The highest BCUT2D eigenvalue weighted by atomic mass is 32.2. The van der Waals surface area contributed by atoms with E-state index in [1.807, 2.05) is 42.8 Å². The Hall–Kier alpha value is -3.49. The van der Waals surface area contributed by atoms with Gasteiger partial charge in [0.15, 0.2) is 5.65 Å². The van der Waals surface area contributed by atoms with Crippen LogP contribution in [0.15, 0.2) is 30.3 Å². The number of likely N-dealkylation sites (tertiary alicyclic amines) is 1. The van der Waals surface area contributed by atoms with Crippen molar-refractivity contribution in [1.29, 1.82) is 5.26 Å². The predicted octanol–water partition coefficient (Wildman–Crippen LogP) is 4.57. The first-order valence-corrected chi connectivity index (χ1v) is 16.2. The van der Waals surface area contributed by atoms with Crippen molar-refractivity contribution in [2.45, 2.75) is 76.4 Å². The van der Waals surface area contributed by atoms with E-state index in [2.05, 4.69) is 27.7 Å². The molecule has 1 aromatic carbocycles. The quantitative estimate of drug-likeness (QED) is 0.432. The number of nitrogens with one attached hydrogen (secondary N) is 1. The van der Waals surface area contributed by atoms with Crippen LogP contribution < -0.4 is 9.46 Å². The number of amides is 1. The van der Waals surface area contributed by atoms with Gasteiger partial charge >= 0.3 is 0 Å². The van der Waals surface area contributed by atoms with Crippen molar-refractivity contribution in [2.75, 3.05) is 26.4 Å². The molecule has 0 bridgehead atoms. The molecule has 41 heavy (non-hydrogen) atoms. The monoisotopic (exact) mass is 578 g/mol. The van der Waals surface area contributed by atoms with Crippen LogP contribution in [0.2, 0.25) is 0 Å². The average Bonchev–Trinajstić information content (AvgIpc) is 3.30. The number of rotatable bonds is 7. The molecule has 1 saturated heterocycles. The molecule has 5 rings (SSSR count). The molecule has 0 unspecified atom stereocenters. The van der Waals surface area contributed by atoms with E-state index >= 15 is 0 Å². The first-order valence-electron chi connectivity index (χ1n) is 14.3. The van der Waals surface area contributed by atoms with Crippen LogP contribution in [0, 0.1) is 11.3 Å². The molecule has 10 nitrogen and oxygen atoms in total.